The van der Waals surface area contributed by atoms with Crippen LogP contribution in [0.15, 0.2) is 53.1 Å². The van der Waals surface area contributed by atoms with Gasteiger partial charge in [-0.15, -0.1) is 0 Å². The summed E-state index contributed by atoms with van der Waals surface area (Å²) in [5.41, 5.74) is 1.93. The first kappa shape index (κ1) is 24.5. The first-order valence-corrected chi connectivity index (χ1v) is 12.9. The van der Waals surface area contributed by atoms with Gasteiger partial charge in [0.25, 0.3) is 5.91 Å². The highest BCUT2D eigenvalue weighted by Crippen LogP contribution is 2.25. The van der Waals surface area contributed by atoms with Gasteiger partial charge < -0.3 is 14.7 Å². The van der Waals surface area contributed by atoms with Gasteiger partial charge in [-0.2, -0.15) is 4.98 Å². The molecule has 5 rings (SSSR count). The van der Waals surface area contributed by atoms with Crippen LogP contribution in [-0.2, 0) is 11.3 Å². The molecule has 2 aliphatic rings. The van der Waals surface area contributed by atoms with Gasteiger partial charge in [-0.05, 0) is 62.9 Å². The predicted octanol–water partition coefficient (Wildman–Crippen LogP) is 4.87. The van der Waals surface area contributed by atoms with Crippen molar-refractivity contribution < 1.29 is 14.1 Å². The van der Waals surface area contributed by atoms with E-state index in [1.807, 2.05) is 35.2 Å². The van der Waals surface area contributed by atoms with Gasteiger partial charge in [0.15, 0.2) is 0 Å². The van der Waals surface area contributed by atoms with Crippen LogP contribution in [0.3, 0.4) is 0 Å². The number of hydrogen-bond donors (Lipinski definition) is 1. The topological polar surface area (TPSA) is 91.6 Å². The van der Waals surface area contributed by atoms with E-state index in [-0.39, 0.29) is 17.7 Å². The van der Waals surface area contributed by atoms with E-state index in [9.17, 15) is 9.59 Å². The third-order valence-corrected chi connectivity index (χ3v) is 7.08. The molecule has 3 aromatic rings. The number of rotatable bonds is 6. The number of hydrogen-bond acceptors (Lipinski definition) is 6. The van der Waals surface area contributed by atoms with Gasteiger partial charge in [0, 0.05) is 30.2 Å². The molecule has 1 aromatic heterocycles. The molecule has 1 unspecified atom stereocenters. The predicted molar refractivity (Wildman–Crippen MR) is 138 cm³/mol. The molecule has 2 amide bonds. The summed E-state index contributed by atoms with van der Waals surface area (Å²) in [5, 5.41) is 7.73. The number of nitrogens with zero attached hydrogens (tertiary/aromatic N) is 4. The number of nitrogens with one attached hydrogen (secondary N) is 1. The van der Waals surface area contributed by atoms with Gasteiger partial charge >= 0.3 is 0 Å². The van der Waals surface area contributed by atoms with Crippen LogP contribution < -0.4 is 5.32 Å². The summed E-state index contributed by atoms with van der Waals surface area (Å²) in [4.78, 5) is 34.9. The van der Waals surface area contributed by atoms with Crippen LogP contribution in [0.5, 0.6) is 0 Å². The van der Waals surface area contributed by atoms with Crippen LogP contribution in [0, 0.1) is 5.92 Å². The minimum atomic E-state index is -0.188. The lowest BCUT2D eigenvalue weighted by atomic mass is 9.96. The van der Waals surface area contributed by atoms with Crippen molar-refractivity contribution in [2.24, 2.45) is 5.92 Å². The molecule has 2 saturated heterocycles. The van der Waals surface area contributed by atoms with E-state index in [2.05, 4.69) is 20.4 Å². The molecular formula is C27H30ClN5O3. The number of amides is 2. The molecule has 2 aromatic carbocycles. The van der Waals surface area contributed by atoms with Gasteiger partial charge in [-0.3, -0.25) is 14.5 Å². The molecule has 2 aliphatic heterocycles. The van der Waals surface area contributed by atoms with E-state index >= 15 is 0 Å². The molecule has 8 nitrogen and oxygen atoms in total. The lowest BCUT2D eigenvalue weighted by molar-refractivity contribution is -0.121. The second-order valence-electron chi connectivity index (χ2n) is 9.48. The summed E-state index contributed by atoms with van der Waals surface area (Å²) in [7, 11) is 0. The quantitative estimate of drug-likeness (QED) is 0.512. The molecule has 0 bridgehead atoms. The molecule has 0 radical (unpaired) electrons. The zero-order chi connectivity index (χ0) is 24.9. The van der Waals surface area contributed by atoms with Gasteiger partial charge in [0.1, 0.15) is 0 Å². The van der Waals surface area contributed by atoms with Crippen molar-refractivity contribution in [2.75, 3.05) is 31.5 Å². The number of benzene rings is 2. The molecule has 2 fully saturated rings. The Hall–Kier alpha value is -3.23. The summed E-state index contributed by atoms with van der Waals surface area (Å²) in [5.74, 6) is 0.732. The zero-order valence-electron chi connectivity index (χ0n) is 20.2. The number of carbonyl (C=O) groups excluding carboxylic acids is 2. The monoisotopic (exact) mass is 507 g/mol. The van der Waals surface area contributed by atoms with Crippen LogP contribution in [0.25, 0.3) is 11.4 Å². The number of likely N-dealkylation sites (tertiary alicyclic amines) is 2. The van der Waals surface area contributed by atoms with Gasteiger partial charge in [-0.1, -0.05) is 41.0 Å². The SMILES string of the molecule is O=C(Nc1ccccc1C(=O)N1CCCCC1)C1CCCN(Cc2nc(-c3cccc(Cl)c3)no2)C1. The fraction of sp³-hybridized carbons (Fsp3) is 0.407. The van der Waals surface area contributed by atoms with Crippen molar-refractivity contribution in [2.45, 2.75) is 38.6 Å². The Morgan fingerprint density at radius 1 is 1.03 bits per heavy atom. The summed E-state index contributed by atoms with van der Waals surface area (Å²) < 4.78 is 5.46. The molecule has 0 saturated carbocycles. The highest BCUT2D eigenvalue weighted by Gasteiger charge is 2.28. The van der Waals surface area contributed by atoms with Crippen molar-refractivity contribution in [1.29, 1.82) is 0 Å². The van der Waals surface area contributed by atoms with Crippen molar-refractivity contribution in [3.8, 4) is 11.4 Å². The molecule has 188 valence electrons. The Morgan fingerprint density at radius 3 is 2.69 bits per heavy atom. The lowest BCUT2D eigenvalue weighted by Gasteiger charge is -2.31. The highest BCUT2D eigenvalue weighted by atomic mass is 35.5. The largest absolute Gasteiger partial charge is 0.339 e. The number of carbonyl (C=O) groups is 2. The summed E-state index contributed by atoms with van der Waals surface area (Å²) in [6.07, 6.45) is 4.90. The fourth-order valence-corrected chi connectivity index (χ4v) is 5.14. The lowest BCUT2D eigenvalue weighted by Crippen LogP contribution is -2.40. The van der Waals surface area contributed by atoms with Crippen LogP contribution in [-0.4, -0.2) is 57.9 Å². The molecule has 9 heteroatoms. The first-order chi connectivity index (χ1) is 17.6. The van der Waals surface area contributed by atoms with E-state index < -0.39 is 0 Å². The Morgan fingerprint density at radius 2 is 1.86 bits per heavy atom. The van der Waals surface area contributed by atoms with E-state index in [0.29, 0.717) is 41.1 Å². The zero-order valence-corrected chi connectivity index (χ0v) is 20.9. The van der Waals surface area contributed by atoms with E-state index in [1.165, 1.54) is 0 Å². The van der Waals surface area contributed by atoms with Crippen LogP contribution in [0.4, 0.5) is 5.69 Å². The maximum Gasteiger partial charge on any atom is 0.255 e. The van der Waals surface area contributed by atoms with Crippen LogP contribution in [0.2, 0.25) is 5.02 Å². The highest BCUT2D eigenvalue weighted by molar-refractivity contribution is 6.30. The van der Waals surface area contributed by atoms with Crippen molar-refractivity contribution in [3.05, 3.63) is 65.0 Å². The number of para-hydroxylation sites is 1. The normalized spacial score (nSPS) is 18.7. The van der Waals surface area contributed by atoms with Crippen LogP contribution >= 0.6 is 11.6 Å². The number of anilines is 1. The van der Waals surface area contributed by atoms with Crippen molar-refractivity contribution >= 4 is 29.1 Å². The maximum atomic E-state index is 13.2. The first-order valence-electron chi connectivity index (χ1n) is 12.6. The second kappa shape index (κ2) is 11.2. The number of aromatic nitrogens is 2. The van der Waals surface area contributed by atoms with E-state index in [4.69, 9.17) is 16.1 Å². The second-order valence-corrected chi connectivity index (χ2v) is 9.92. The van der Waals surface area contributed by atoms with E-state index in [1.54, 1.807) is 18.2 Å². The number of halogens is 1. The minimum Gasteiger partial charge on any atom is -0.339 e. The summed E-state index contributed by atoms with van der Waals surface area (Å²) >= 11 is 6.07. The van der Waals surface area contributed by atoms with Gasteiger partial charge in [0.05, 0.1) is 23.7 Å². The fourth-order valence-electron chi connectivity index (χ4n) is 4.95. The smallest absolute Gasteiger partial charge is 0.255 e. The Kier molecular flexibility index (Phi) is 7.63. The third kappa shape index (κ3) is 5.77. The summed E-state index contributed by atoms with van der Waals surface area (Å²) in [6, 6.07) is 14.6. The van der Waals surface area contributed by atoms with Gasteiger partial charge in [-0.25, -0.2) is 0 Å². The molecule has 3 heterocycles. The molecule has 36 heavy (non-hydrogen) atoms. The molecule has 1 N–H and O–H groups in total. The molecule has 0 spiro atoms. The average Bonchev–Trinajstić information content (AvgIpc) is 3.38. The molecular weight excluding hydrogens is 478 g/mol. The van der Waals surface area contributed by atoms with Crippen molar-refractivity contribution in [1.82, 2.24) is 19.9 Å². The Labute approximate surface area is 215 Å². The molecule has 0 aliphatic carbocycles. The Balaban J connectivity index is 1.21. The van der Waals surface area contributed by atoms with Gasteiger partial charge in [0.2, 0.25) is 17.6 Å². The minimum absolute atomic E-state index is 0.0113. The Bertz CT molecular complexity index is 1220. The standard InChI is InChI=1S/C27H30ClN5O3/c28-21-10-6-8-19(16-21)25-30-24(36-31-25)18-32-13-7-9-20(17-32)26(34)29-23-12-3-2-11-22(23)27(35)33-14-4-1-5-15-33/h2-3,6,8,10-12,16,20H,1,4-5,7,9,13-15,17-18H2,(H,29,34). The maximum absolute atomic E-state index is 13.2. The number of piperidine rings is 2. The van der Waals surface area contributed by atoms with Crippen molar-refractivity contribution in [3.63, 3.8) is 0 Å². The molecule has 1 atom stereocenters. The summed E-state index contributed by atoms with van der Waals surface area (Å²) in [6.45, 7) is 3.45. The van der Waals surface area contributed by atoms with E-state index in [0.717, 1.165) is 57.3 Å². The average molecular weight is 508 g/mol. The third-order valence-electron chi connectivity index (χ3n) is 6.84. The van der Waals surface area contributed by atoms with Crippen LogP contribution in [0.1, 0.15) is 48.4 Å².